The minimum absolute atomic E-state index is 0.0222. The van der Waals surface area contributed by atoms with Crippen LogP contribution in [0.4, 0.5) is 0 Å². The summed E-state index contributed by atoms with van der Waals surface area (Å²) in [6, 6.07) is 17.2. The molecule has 0 aliphatic heterocycles. The number of carbonyl (C=O) groups excluding carboxylic acids is 2. The van der Waals surface area contributed by atoms with Gasteiger partial charge in [0.15, 0.2) is 6.61 Å². The molecule has 2 aromatic carbocycles. The fraction of sp³-hybridized carbons (Fsp3) is 0.211. The summed E-state index contributed by atoms with van der Waals surface area (Å²) in [6.45, 7) is -0.250. The normalized spacial score (nSPS) is 10.0. The minimum Gasteiger partial charge on any atom is -0.484 e. The van der Waals surface area contributed by atoms with Gasteiger partial charge in [0, 0.05) is 12.8 Å². The van der Waals surface area contributed by atoms with Crippen LogP contribution in [0, 0.1) is 0 Å². The molecule has 2 rings (SSSR count). The quantitative estimate of drug-likeness (QED) is 0.629. The van der Waals surface area contributed by atoms with Crippen molar-refractivity contribution in [1.82, 2.24) is 10.9 Å². The first-order chi connectivity index (χ1) is 12.5. The average Bonchev–Trinajstić information content (AvgIpc) is 2.65. The van der Waals surface area contributed by atoms with E-state index < -0.39 is 17.8 Å². The molecule has 136 valence electrons. The smallest absolute Gasteiger partial charge is 0.303 e. The van der Waals surface area contributed by atoms with Crippen LogP contribution in [-0.2, 0) is 14.4 Å². The van der Waals surface area contributed by atoms with E-state index in [-0.39, 0.29) is 25.9 Å². The van der Waals surface area contributed by atoms with Crippen molar-refractivity contribution in [2.45, 2.75) is 19.3 Å². The van der Waals surface area contributed by atoms with Crippen molar-refractivity contribution in [3.8, 4) is 16.9 Å². The van der Waals surface area contributed by atoms with Crippen LogP contribution in [0.1, 0.15) is 19.3 Å². The van der Waals surface area contributed by atoms with Crippen molar-refractivity contribution in [3.63, 3.8) is 0 Å². The predicted octanol–water partition coefficient (Wildman–Crippen LogP) is 2.13. The third kappa shape index (κ3) is 6.64. The Morgan fingerprint density at radius 2 is 1.42 bits per heavy atom. The Balaban J connectivity index is 1.70. The number of hydrogen-bond acceptors (Lipinski definition) is 4. The maximum absolute atomic E-state index is 11.6. The molecule has 7 heteroatoms. The lowest BCUT2D eigenvalue weighted by molar-refractivity contribution is -0.137. The third-order valence-corrected chi connectivity index (χ3v) is 3.47. The first-order valence-corrected chi connectivity index (χ1v) is 8.12. The lowest BCUT2D eigenvalue weighted by atomic mass is 10.1. The number of amides is 2. The van der Waals surface area contributed by atoms with Crippen LogP contribution in [0.25, 0.3) is 11.1 Å². The van der Waals surface area contributed by atoms with E-state index >= 15 is 0 Å². The number of hydrazine groups is 1. The SMILES string of the molecule is O=C(O)CCCC(=O)NNC(=O)COc1ccc(-c2ccccc2)cc1. The zero-order chi connectivity index (χ0) is 18.8. The van der Waals surface area contributed by atoms with Crippen molar-refractivity contribution in [3.05, 3.63) is 54.6 Å². The summed E-state index contributed by atoms with van der Waals surface area (Å²) in [6.07, 6.45) is 0.138. The summed E-state index contributed by atoms with van der Waals surface area (Å²) in [4.78, 5) is 33.4. The number of hydrogen-bond donors (Lipinski definition) is 3. The molecule has 2 aromatic rings. The summed E-state index contributed by atoms with van der Waals surface area (Å²) in [5.74, 6) is -1.39. The number of aliphatic carboxylic acids is 1. The molecule has 0 atom stereocenters. The summed E-state index contributed by atoms with van der Waals surface area (Å²) < 4.78 is 5.36. The Kier molecular flexibility index (Phi) is 7.17. The van der Waals surface area contributed by atoms with Gasteiger partial charge in [-0.2, -0.15) is 0 Å². The number of carboxylic acid groups (broad SMARTS) is 1. The van der Waals surface area contributed by atoms with Gasteiger partial charge in [-0.1, -0.05) is 42.5 Å². The Labute approximate surface area is 151 Å². The van der Waals surface area contributed by atoms with E-state index in [1.807, 2.05) is 42.5 Å². The highest BCUT2D eigenvalue weighted by atomic mass is 16.5. The maximum Gasteiger partial charge on any atom is 0.303 e. The molecule has 26 heavy (non-hydrogen) atoms. The zero-order valence-corrected chi connectivity index (χ0v) is 14.1. The van der Waals surface area contributed by atoms with Crippen molar-refractivity contribution in [2.75, 3.05) is 6.61 Å². The molecule has 0 bridgehead atoms. The minimum atomic E-state index is -0.964. The van der Waals surface area contributed by atoms with Crippen molar-refractivity contribution in [2.24, 2.45) is 0 Å². The molecule has 2 amide bonds. The Hall–Kier alpha value is -3.35. The van der Waals surface area contributed by atoms with E-state index in [1.54, 1.807) is 12.1 Å². The highest BCUT2D eigenvalue weighted by Gasteiger charge is 2.07. The molecule has 7 nitrogen and oxygen atoms in total. The van der Waals surface area contributed by atoms with E-state index in [0.717, 1.165) is 11.1 Å². The van der Waals surface area contributed by atoms with Crippen LogP contribution < -0.4 is 15.6 Å². The summed E-state index contributed by atoms with van der Waals surface area (Å²) >= 11 is 0. The van der Waals surface area contributed by atoms with Crippen LogP contribution >= 0.6 is 0 Å². The van der Waals surface area contributed by atoms with Crippen molar-refractivity contribution < 1.29 is 24.2 Å². The largest absolute Gasteiger partial charge is 0.484 e. The monoisotopic (exact) mass is 356 g/mol. The molecule has 0 heterocycles. The fourth-order valence-corrected chi connectivity index (χ4v) is 2.16. The van der Waals surface area contributed by atoms with Crippen LogP contribution in [-0.4, -0.2) is 29.5 Å². The van der Waals surface area contributed by atoms with Gasteiger partial charge in [0.1, 0.15) is 5.75 Å². The van der Waals surface area contributed by atoms with Crippen LogP contribution in [0.5, 0.6) is 5.75 Å². The number of benzene rings is 2. The molecule has 0 saturated carbocycles. The van der Waals surface area contributed by atoms with Gasteiger partial charge in [-0.3, -0.25) is 25.2 Å². The van der Waals surface area contributed by atoms with Gasteiger partial charge in [-0.25, -0.2) is 0 Å². The molecule has 3 N–H and O–H groups in total. The maximum atomic E-state index is 11.6. The Bertz CT molecular complexity index is 744. The summed E-state index contributed by atoms with van der Waals surface area (Å²) in [7, 11) is 0. The van der Waals surface area contributed by atoms with E-state index in [9.17, 15) is 14.4 Å². The zero-order valence-electron chi connectivity index (χ0n) is 14.1. The second-order valence-corrected chi connectivity index (χ2v) is 5.52. The lowest BCUT2D eigenvalue weighted by Gasteiger charge is -2.09. The Morgan fingerprint density at radius 1 is 0.808 bits per heavy atom. The molecule has 0 saturated heterocycles. The lowest BCUT2D eigenvalue weighted by Crippen LogP contribution is -2.43. The second-order valence-electron chi connectivity index (χ2n) is 5.52. The molecule has 0 radical (unpaired) electrons. The summed E-state index contributed by atoms with van der Waals surface area (Å²) in [5.41, 5.74) is 6.55. The molecule has 0 unspecified atom stereocenters. The van der Waals surface area contributed by atoms with Crippen molar-refractivity contribution >= 4 is 17.8 Å². The van der Waals surface area contributed by atoms with Gasteiger partial charge in [-0.15, -0.1) is 0 Å². The Morgan fingerprint density at radius 3 is 2.08 bits per heavy atom. The number of nitrogens with one attached hydrogen (secondary N) is 2. The predicted molar refractivity (Wildman–Crippen MR) is 95.1 cm³/mol. The second kappa shape index (κ2) is 9.83. The van der Waals surface area contributed by atoms with Gasteiger partial charge in [-0.05, 0) is 29.7 Å². The highest BCUT2D eigenvalue weighted by molar-refractivity contribution is 5.83. The topological polar surface area (TPSA) is 105 Å². The van der Waals surface area contributed by atoms with E-state index in [1.165, 1.54) is 0 Å². The fourth-order valence-electron chi connectivity index (χ4n) is 2.16. The summed E-state index contributed by atoms with van der Waals surface area (Å²) in [5, 5.41) is 8.49. The first-order valence-electron chi connectivity index (χ1n) is 8.12. The van der Waals surface area contributed by atoms with Crippen LogP contribution in [0.3, 0.4) is 0 Å². The van der Waals surface area contributed by atoms with Gasteiger partial charge >= 0.3 is 5.97 Å². The molecule has 0 fully saturated rings. The van der Waals surface area contributed by atoms with Crippen LogP contribution in [0.2, 0.25) is 0 Å². The molecular formula is C19H20N2O5. The number of ether oxygens (including phenoxy) is 1. The van der Waals surface area contributed by atoms with E-state index in [4.69, 9.17) is 9.84 Å². The molecular weight excluding hydrogens is 336 g/mol. The number of carbonyl (C=O) groups is 3. The van der Waals surface area contributed by atoms with Crippen LogP contribution in [0.15, 0.2) is 54.6 Å². The van der Waals surface area contributed by atoms with Gasteiger partial charge < -0.3 is 9.84 Å². The standard InChI is InChI=1S/C19H20N2O5/c22-17(7-4-8-19(24)25)20-21-18(23)13-26-16-11-9-15(10-12-16)14-5-2-1-3-6-14/h1-3,5-6,9-12H,4,7-8,13H2,(H,20,22)(H,21,23)(H,24,25). The van der Waals surface area contributed by atoms with Gasteiger partial charge in [0.25, 0.3) is 5.91 Å². The third-order valence-electron chi connectivity index (χ3n) is 3.47. The van der Waals surface area contributed by atoms with Gasteiger partial charge in [0.05, 0.1) is 0 Å². The number of carboxylic acids is 1. The van der Waals surface area contributed by atoms with E-state index in [2.05, 4.69) is 10.9 Å². The highest BCUT2D eigenvalue weighted by Crippen LogP contribution is 2.21. The van der Waals surface area contributed by atoms with Crippen molar-refractivity contribution in [1.29, 1.82) is 0 Å². The molecule has 0 aliphatic carbocycles. The van der Waals surface area contributed by atoms with E-state index in [0.29, 0.717) is 5.75 Å². The molecule has 0 aromatic heterocycles. The molecule has 0 aliphatic rings. The van der Waals surface area contributed by atoms with Gasteiger partial charge in [0.2, 0.25) is 5.91 Å². The first kappa shape index (κ1) is 19.0. The number of rotatable bonds is 8. The molecule has 0 spiro atoms. The average molecular weight is 356 g/mol.